The monoisotopic (exact) mass is 566 g/mol. The molecule has 1 aliphatic rings. The Labute approximate surface area is 198 Å². The van der Waals surface area contributed by atoms with E-state index in [2.05, 4.69) is 43.1 Å². The molecule has 0 radical (unpaired) electrons. The van der Waals surface area contributed by atoms with E-state index in [9.17, 15) is 18.8 Å². The molecule has 158 valence electrons. The highest BCUT2D eigenvalue weighted by Gasteiger charge is 2.36. The SMILES string of the molecule is C#CCOc1c(Br)cc(/C=C2\SC(=O)N(CC(=O)Nc3ccc(F)cc3)C2=O)cc1Br. The van der Waals surface area contributed by atoms with Crippen molar-refractivity contribution in [1.82, 2.24) is 4.90 Å². The summed E-state index contributed by atoms with van der Waals surface area (Å²) in [5.41, 5.74) is 0.990. The Hall–Kier alpha value is -2.61. The van der Waals surface area contributed by atoms with Crippen molar-refractivity contribution in [3.63, 3.8) is 0 Å². The highest BCUT2D eigenvalue weighted by atomic mass is 79.9. The second kappa shape index (κ2) is 10.1. The van der Waals surface area contributed by atoms with Crippen molar-refractivity contribution >= 4 is 72.4 Å². The molecule has 6 nitrogen and oxygen atoms in total. The van der Waals surface area contributed by atoms with Crippen LogP contribution in [0.15, 0.2) is 50.2 Å². The third-order valence-corrected chi connectivity index (χ3v) is 6.01. The molecule has 1 saturated heterocycles. The number of imide groups is 1. The van der Waals surface area contributed by atoms with Crippen LogP contribution in [0.4, 0.5) is 14.9 Å². The zero-order valence-corrected chi connectivity index (χ0v) is 19.6. The quantitative estimate of drug-likeness (QED) is 0.391. The largest absolute Gasteiger partial charge is 0.479 e. The van der Waals surface area contributed by atoms with E-state index in [1.54, 1.807) is 18.2 Å². The number of nitrogens with one attached hydrogen (secondary N) is 1. The van der Waals surface area contributed by atoms with E-state index in [0.717, 1.165) is 16.7 Å². The van der Waals surface area contributed by atoms with Crippen molar-refractivity contribution in [1.29, 1.82) is 0 Å². The fourth-order valence-electron chi connectivity index (χ4n) is 2.58. The lowest BCUT2D eigenvalue weighted by atomic mass is 10.2. The van der Waals surface area contributed by atoms with Crippen LogP contribution in [0.1, 0.15) is 5.56 Å². The molecule has 1 N–H and O–H groups in total. The van der Waals surface area contributed by atoms with Crippen molar-refractivity contribution in [3.8, 4) is 18.1 Å². The minimum atomic E-state index is -0.579. The summed E-state index contributed by atoms with van der Waals surface area (Å²) in [5, 5.41) is 1.96. The predicted molar refractivity (Wildman–Crippen MR) is 124 cm³/mol. The van der Waals surface area contributed by atoms with Crippen molar-refractivity contribution < 1.29 is 23.5 Å². The summed E-state index contributed by atoms with van der Waals surface area (Å²) in [6.07, 6.45) is 6.75. The first-order valence-electron chi connectivity index (χ1n) is 8.64. The van der Waals surface area contributed by atoms with Crippen LogP contribution in [-0.4, -0.2) is 35.1 Å². The maximum absolute atomic E-state index is 13.0. The van der Waals surface area contributed by atoms with Gasteiger partial charge in [0.25, 0.3) is 11.1 Å². The van der Waals surface area contributed by atoms with Crippen LogP contribution >= 0.6 is 43.6 Å². The molecule has 0 spiro atoms. The molecule has 31 heavy (non-hydrogen) atoms. The summed E-state index contributed by atoms with van der Waals surface area (Å²) < 4.78 is 19.6. The lowest BCUT2D eigenvalue weighted by molar-refractivity contribution is -0.127. The Morgan fingerprint density at radius 1 is 1.23 bits per heavy atom. The average molecular weight is 568 g/mol. The first-order valence-corrected chi connectivity index (χ1v) is 11.0. The zero-order chi connectivity index (χ0) is 22.5. The Kier molecular flexibility index (Phi) is 7.54. The normalized spacial score (nSPS) is 14.6. The van der Waals surface area contributed by atoms with Crippen LogP contribution in [0, 0.1) is 18.2 Å². The number of benzene rings is 2. The molecule has 3 amide bonds. The smallest absolute Gasteiger partial charge is 0.294 e. The first kappa shape index (κ1) is 23.1. The van der Waals surface area contributed by atoms with Gasteiger partial charge in [-0.25, -0.2) is 4.39 Å². The summed E-state index contributed by atoms with van der Waals surface area (Å²) in [7, 11) is 0. The standard InChI is InChI=1S/C21H13Br2FN2O4S/c1-2-7-30-19-15(22)8-12(9-16(19)23)10-17-20(28)26(21(29)31-17)11-18(27)25-14-5-3-13(24)4-6-14/h1,3-6,8-10H,7,11H2,(H,25,27)/b17-10-. The van der Waals surface area contributed by atoms with Gasteiger partial charge in [-0.05, 0) is 91.7 Å². The number of terminal acetylenes is 1. The van der Waals surface area contributed by atoms with Gasteiger partial charge in [-0.1, -0.05) is 5.92 Å². The van der Waals surface area contributed by atoms with Crippen LogP contribution in [0.5, 0.6) is 5.75 Å². The first-order chi connectivity index (χ1) is 14.8. The van der Waals surface area contributed by atoms with Crippen LogP contribution in [0.3, 0.4) is 0 Å². The number of thioether (sulfide) groups is 1. The summed E-state index contributed by atoms with van der Waals surface area (Å²) in [5.74, 6) is 1.30. The average Bonchev–Trinajstić information content (AvgIpc) is 2.96. The number of hydrogen-bond donors (Lipinski definition) is 1. The minimum Gasteiger partial charge on any atom is -0.479 e. The minimum absolute atomic E-state index is 0.0927. The second-order valence-corrected chi connectivity index (χ2v) is 8.83. The van der Waals surface area contributed by atoms with Crippen molar-refractivity contribution in [2.45, 2.75) is 0 Å². The number of hydrogen-bond acceptors (Lipinski definition) is 5. The fraction of sp³-hybridized carbons (Fsp3) is 0.0952. The molecule has 0 aromatic heterocycles. The van der Waals surface area contributed by atoms with Gasteiger partial charge in [0.2, 0.25) is 5.91 Å². The van der Waals surface area contributed by atoms with E-state index in [1.807, 2.05) is 0 Å². The van der Waals surface area contributed by atoms with Crippen molar-refractivity contribution in [2.75, 3.05) is 18.5 Å². The summed E-state index contributed by atoms with van der Waals surface area (Å²) >= 11 is 7.51. The molecular weight excluding hydrogens is 555 g/mol. The molecule has 2 aromatic carbocycles. The lowest BCUT2D eigenvalue weighted by Gasteiger charge is -2.12. The van der Waals surface area contributed by atoms with Gasteiger partial charge in [0.1, 0.15) is 24.7 Å². The number of carbonyl (C=O) groups is 3. The molecule has 0 unspecified atom stereocenters. The fourth-order valence-corrected chi connectivity index (χ4v) is 4.87. The molecule has 1 heterocycles. The van der Waals surface area contributed by atoms with Gasteiger partial charge in [-0.3, -0.25) is 19.3 Å². The van der Waals surface area contributed by atoms with E-state index in [0.29, 0.717) is 25.9 Å². The molecule has 0 aliphatic carbocycles. The Bertz CT molecular complexity index is 1110. The third kappa shape index (κ3) is 5.76. The van der Waals surface area contributed by atoms with Gasteiger partial charge in [-0.2, -0.15) is 0 Å². The van der Waals surface area contributed by atoms with Crippen molar-refractivity contribution in [2.24, 2.45) is 0 Å². The number of nitrogens with zero attached hydrogens (tertiary/aromatic N) is 1. The number of ether oxygens (including phenoxy) is 1. The molecule has 0 saturated carbocycles. The number of anilines is 1. The highest BCUT2D eigenvalue weighted by Crippen LogP contribution is 2.37. The Balaban J connectivity index is 1.72. The van der Waals surface area contributed by atoms with Gasteiger partial charge in [0.05, 0.1) is 13.9 Å². The number of halogens is 3. The van der Waals surface area contributed by atoms with E-state index in [-0.39, 0.29) is 11.5 Å². The predicted octanol–water partition coefficient (Wildman–Crippen LogP) is 5.04. The molecule has 1 aliphatic heterocycles. The summed E-state index contributed by atoms with van der Waals surface area (Å²) in [6.45, 7) is -0.360. The number of carbonyl (C=O) groups excluding carboxylic acids is 3. The lowest BCUT2D eigenvalue weighted by Crippen LogP contribution is -2.36. The maximum Gasteiger partial charge on any atom is 0.294 e. The molecule has 0 atom stereocenters. The Morgan fingerprint density at radius 2 is 1.87 bits per heavy atom. The highest BCUT2D eigenvalue weighted by molar-refractivity contribution is 9.11. The van der Waals surface area contributed by atoms with Gasteiger partial charge in [-0.15, -0.1) is 6.42 Å². The molecule has 2 aromatic rings. The van der Waals surface area contributed by atoms with Gasteiger partial charge < -0.3 is 10.1 Å². The topological polar surface area (TPSA) is 75.7 Å². The summed E-state index contributed by atoms with van der Waals surface area (Å²) in [4.78, 5) is 38.1. The number of amides is 3. The van der Waals surface area contributed by atoms with E-state index in [1.165, 1.54) is 24.3 Å². The van der Waals surface area contributed by atoms with Crippen LogP contribution in [0.25, 0.3) is 6.08 Å². The van der Waals surface area contributed by atoms with E-state index >= 15 is 0 Å². The van der Waals surface area contributed by atoms with E-state index in [4.69, 9.17) is 11.2 Å². The molecule has 10 heteroatoms. The molecular formula is C21H13Br2FN2O4S. The number of rotatable bonds is 6. The van der Waals surface area contributed by atoms with Crippen LogP contribution < -0.4 is 10.1 Å². The Morgan fingerprint density at radius 3 is 2.48 bits per heavy atom. The van der Waals surface area contributed by atoms with Crippen molar-refractivity contribution in [3.05, 3.63) is 61.6 Å². The van der Waals surface area contributed by atoms with E-state index < -0.39 is 29.4 Å². The molecule has 0 bridgehead atoms. The maximum atomic E-state index is 13.0. The molecule has 3 rings (SSSR count). The summed E-state index contributed by atoms with van der Waals surface area (Å²) in [6, 6.07) is 8.58. The zero-order valence-electron chi connectivity index (χ0n) is 15.7. The van der Waals surface area contributed by atoms with Gasteiger partial charge in [0, 0.05) is 5.69 Å². The van der Waals surface area contributed by atoms with Gasteiger partial charge in [0.15, 0.2) is 0 Å². The third-order valence-electron chi connectivity index (χ3n) is 3.92. The molecule has 1 fully saturated rings. The van der Waals surface area contributed by atoms with Crippen LogP contribution in [-0.2, 0) is 9.59 Å². The van der Waals surface area contributed by atoms with Crippen LogP contribution in [0.2, 0.25) is 0 Å². The second-order valence-electron chi connectivity index (χ2n) is 6.13. The van der Waals surface area contributed by atoms with Gasteiger partial charge >= 0.3 is 0 Å².